The Kier molecular flexibility index (Phi) is 3.39. The summed E-state index contributed by atoms with van der Waals surface area (Å²) in [5.74, 6) is 0.724. The normalized spacial score (nSPS) is 17.5. The third kappa shape index (κ3) is 2.51. The van der Waals surface area contributed by atoms with Crippen LogP contribution in [0.15, 0.2) is 40.9 Å². The number of benzene rings is 2. The molecule has 1 heterocycles. The maximum atomic E-state index is 9.93. The molecule has 0 bridgehead atoms. The summed E-state index contributed by atoms with van der Waals surface area (Å²) in [6.07, 6.45) is 2.22. The number of fused-ring (bicyclic) bond motifs is 2. The fourth-order valence-corrected chi connectivity index (χ4v) is 3.42. The van der Waals surface area contributed by atoms with E-state index in [1.54, 1.807) is 0 Å². The quantitative estimate of drug-likeness (QED) is 0.651. The first kappa shape index (κ1) is 13.8. The van der Waals surface area contributed by atoms with Gasteiger partial charge in [-0.3, -0.25) is 0 Å². The van der Waals surface area contributed by atoms with Crippen molar-refractivity contribution in [1.29, 1.82) is 0 Å². The van der Waals surface area contributed by atoms with E-state index in [4.69, 9.17) is 0 Å². The molecule has 3 N–H and O–H groups in total. The molecule has 112 valence electrons. The van der Waals surface area contributed by atoms with Crippen LogP contribution in [0.2, 0.25) is 0 Å². The van der Waals surface area contributed by atoms with E-state index in [-0.39, 0.29) is 6.10 Å². The van der Waals surface area contributed by atoms with Gasteiger partial charge in [0.05, 0.1) is 17.1 Å². The topological polar surface area (TPSA) is 60.9 Å². The highest BCUT2D eigenvalue weighted by Gasteiger charge is 2.19. The minimum absolute atomic E-state index is 0.248. The standard InChI is InChI=1S/C17H16BrN3O/c18-11-5-7-15-16(8-11)21-17(20-15)19-14-3-1-2-10-4-6-12(22)9-13(10)14/h1-3,5,7-8,12,22H,4,6,9H2,(H2,19,20,21)/t12-/m1/s1. The van der Waals surface area contributed by atoms with Crippen molar-refractivity contribution in [2.24, 2.45) is 0 Å². The van der Waals surface area contributed by atoms with Crippen LogP contribution in [0.4, 0.5) is 11.6 Å². The Morgan fingerprint density at radius 2 is 2.18 bits per heavy atom. The van der Waals surface area contributed by atoms with Crippen molar-refractivity contribution >= 4 is 38.6 Å². The van der Waals surface area contributed by atoms with E-state index in [0.717, 1.165) is 40.0 Å². The van der Waals surface area contributed by atoms with Gasteiger partial charge in [-0.15, -0.1) is 0 Å². The zero-order valence-electron chi connectivity index (χ0n) is 11.9. The smallest absolute Gasteiger partial charge is 0.205 e. The predicted molar refractivity (Wildman–Crippen MR) is 91.6 cm³/mol. The molecule has 0 saturated heterocycles. The summed E-state index contributed by atoms with van der Waals surface area (Å²) < 4.78 is 1.02. The maximum Gasteiger partial charge on any atom is 0.205 e. The molecular formula is C17H16BrN3O. The first-order valence-corrected chi connectivity index (χ1v) is 8.19. The summed E-state index contributed by atoms with van der Waals surface area (Å²) in [6, 6.07) is 12.2. The van der Waals surface area contributed by atoms with Crippen LogP contribution in [0.1, 0.15) is 17.5 Å². The van der Waals surface area contributed by atoms with E-state index in [9.17, 15) is 5.11 Å². The summed E-state index contributed by atoms with van der Waals surface area (Å²) in [5.41, 5.74) is 5.45. The lowest BCUT2D eigenvalue weighted by Crippen LogP contribution is -2.19. The van der Waals surface area contributed by atoms with Crippen molar-refractivity contribution in [1.82, 2.24) is 9.97 Å². The van der Waals surface area contributed by atoms with Crippen LogP contribution in [-0.2, 0) is 12.8 Å². The Labute approximate surface area is 136 Å². The van der Waals surface area contributed by atoms with Gasteiger partial charge in [-0.2, -0.15) is 0 Å². The van der Waals surface area contributed by atoms with Crippen molar-refractivity contribution < 1.29 is 5.11 Å². The molecular weight excluding hydrogens is 342 g/mol. The minimum Gasteiger partial charge on any atom is -0.393 e. The highest BCUT2D eigenvalue weighted by Crippen LogP contribution is 2.30. The highest BCUT2D eigenvalue weighted by atomic mass is 79.9. The van der Waals surface area contributed by atoms with Gasteiger partial charge in [0.25, 0.3) is 0 Å². The van der Waals surface area contributed by atoms with Gasteiger partial charge >= 0.3 is 0 Å². The van der Waals surface area contributed by atoms with Gasteiger partial charge in [-0.1, -0.05) is 28.1 Å². The molecule has 0 spiro atoms. The monoisotopic (exact) mass is 357 g/mol. The second-order valence-corrected chi connectivity index (χ2v) is 6.63. The number of H-pyrrole nitrogens is 1. The number of aliphatic hydroxyl groups is 1. The number of rotatable bonds is 2. The van der Waals surface area contributed by atoms with Crippen LogP contribution in [-0.4, -0.2) is 21.2 Å². The Bertz CT molecular complexity index is 843. The van der Waals surface area contributed by atoms with E-state index in [1.165, 1.54) is 11.1 Å². The number of aryl methyl sites for hydroxylation is 1. The van der Waals surface area contributed by atoms with Crippen LogP contribution in [0.5, 0.6) is 0 Å². The number of nitrogens with one attached hydrogen (secondary N) is 2. The molecule has 0 aliphatic heterocycles. The maximum absolute atomic E-state index is 9.93. The van der Waals surface area contributed by atoms with E-state index >= 15 is 0 Å². The van der Waals surface area contributed by atoms with Crippen molar-refractivity contribution in [2.75, 3.05) is 5.32 Å². The molecule has 0 radical (unpaired) electrons. The summed E-state index contributed by atoms with van der Waals surface area (Å²) in [6.45, 7) is 0. The Hall–Kier alpha value is -1.85. The van der Waals surface area contributed by atoms with Crippen molar-refractivity contribution in [3.8, 4) is 0 Å². The largest absolute Gasteiger partial charge is 0.393 e. The lowest BCUT2D eigenvalue weighted by molar-refractivity contribution is 0.159. The highest BCUT2D eigenvalue weighted by molar-refractivity contribution is 9.10. The number of hydrogen-bond donors (Lipinski definition) is 3. The Balaban J connectivity index is 1.70. The fourth-order valence-electron chi connectivity index (χ4n) is 3.06. The molecule has 0 fully saturated rings. The molecule has 5 heteroatoms. The zero-order valence-corrected chi connectivity index (χ0v) is 13.5. The average molecular weight is 358 g/mol. The van der Waals surface area contributed by atoms with Gasteiger partial charge in [0.1, 0.15) is 0 Å². The van der Waals surface area contributed by atoms with Crippen LogP contribution in [0.25, 0.3) is 11.0 Å². The zero-order chi connectivity index (χ0) is 15.1. The number of nitrogens with zero attached hydrogens (tertiary/aromatic N) is 1. The fraction of sp³-hybridized carbons (Fsp3) is 0.235. The van der Waals surface area contributed by atoms with Crippen molar-refractivity contribution in [3.63, 3.8) is 0 Å². The first-order chi connectivity index (χ1) is 10.7. The molecule has 1 aliphatic carbocycles. The lowest BCUT2D eigenvalue weighted by atomic mass is 9.88. The molecule has 0 amide bonds. The third-order valence-electron chi connectivity index (χ3n) is 4.16. The molecule has 1 aliphatic rings. The van der Waals surface area contributed by atoms with Gasteiger partial charge < -0.3 is 15.4 Å². The van der Waals surface area contributed by atoms with Gasteiger partial charge in [-0.25, -0.2) is 4.98 Å². The lowest BCUT2D eigenvalue weighted by Gasteiger charge is -2.23. The van der Waals surface area contributed by atoms with Crippen LogP contribution in [0.3, 0.4) is 0 Å². The van der Waals surface area contributed by atoms with E-state index in [2.05, 4.69) is 43.3 Å². The van der Waals surface area contributed by atoms with Gasteiger partial charge in [-0.05, 0) is 48.2 Å². The average Bonchev–Trinajstić information content (AvgIpc) is 2.89. The van der Waals surface area contributed by atoms with Crippen LogP contribution < -0.4 is 5.32 Å². The molecule has 22 heavy (non-hydrogen) atoms. The van der Waals surface area contributed by atoms with E-state index < -0.39 is 0 Å². The van der Waals surface area contributed by atoms with Gasteiger partial charge in [0.15, 0.2) is 0 Å². The number of aromatic amines is 1. The molecule has 2 aromatic carbocycles. The Morgan fingerprint density at radius 1 is 1.27 bits per heavy atom. The minimum atomic E-state index is -0.248. The summed E-state index contributed by atoms with van der Waals surface area (Å²) in [5, 5.41) is 13.3. The Morgan fingerprint density at radius 3 is 3.09 bits per heavy atom. The molecule has 1 atom stereocenters. The molecule has 0 saturated carbocycles. The second kappa shape index (κ2) is 5.41. The van der Waals surface area contributed by atoms with E-state index in [0.29, 0.717) is 6.42 Å². The van der Waals surface area contributed by atoms with Gasteiger partial charge in [0, 0.05) is 16.6 Å². The number of anilines is 2. The molecule has 4 nitrogen and oxygen atoms in total. The summed E-state index contributed by atoms with van der Waals surface area (Å²) in [4.78, 5) is 7.86. The predicted octanol–water partition coefficient (Wildman–Crippen LogP) is 3.92. The number of hydrogen-bond acceptors (Lipinski definition) is 3. The SMILES string of the molecule is O[C@@H]1CCc2cccc(Nc3nc4ccc(Br)cc4[nH]3)c2C1. The molecule has 0 unspecified atom stereocenters. The number of aromatic nitrogens is 2. The number of halogens is 1. The van der Waals surface area contributed by atoms with E-state index in [1.807, 2.05) is 24.3 Å². The van der Waals surface area contributed by atoms with Gasteiger partial charge in [0.2, 0.25) is 5.95 Å². The molecule has 3 aromatic rings. The first-order valence-electron chi connectivity index (χ1n) is 7.40. The molecule has 4 rings (SSSR count). The summed E-state index contributed by atoms with van der Waals surface area (Å²) >= 11 is 3.47. The van der Waals surface area contributed by atoms with Crippen molar-refractivity contribution in [3.05, 3.63) is 52.0 Å². The van der Waals surface area contributed by atoms with Crippen LogP contribution >= 0.6 is 15.9 Å². The number of imidazole rings is 1. The summed E-state index contributed by atoms with van der Waals surface area (Å²) in [7, 11) is 0. The van der Waals surface area contributed by atoms with Crippen molar-refractivity contribution in [2.45, 2.75) is 25.4 Å². The van der Waals surface area contributed by atoms with Crippen LogP contribution in [0, 0.1) is 0 Å². The second-order valence-electron chi connectivity index (χ2n) is 5.71. The number of aliphatic hydroxyl groups excluding tert-OH is 1. The molecule has 1 aromatic heterocycles. The third-order valence-corrected chi connectivity index (χ3v) is 4.65.